The molecule has 2 rings (SSSR count). The Balaban J connectivity index is 0.00000242. The fourth-order valence-corrected chi connectivity index (χ4v) is 2.44. The van der Waals surface area contributed by atoms with Gasteiger partial charge in [0, 0.05) is 18.2 Å². The van der Waals surface area contributed by atoms with Gasteiger partial charge in [-0.1, -0.05) is 0 Å². The molecule has 6 heteroatoms. The summed E-state index contributed by atoms with van der Waals surface area (Å²) < 4.78 is 11.0. The van der Waals surface area contributed by atoms with Crippen LogP contribution in [0.5, 0.6) is 11.5 Å². The quantitative estimate of drug-likeness (QED) is 0.807. The van der Waals surface area contributed by atoms with Gasteiger partial charge < -0.3 is 20.1 Å². The van der Waals surface area contributed by atoms with E-state index in [0.717, 1.165) is 13.0 Å². The highest BCUT2D eigenvalue weighted by molar-refractivity contribution is 5.94. The van der Waals surface area contributed by atoms with Gasteiger partial charge in [-0.2, -0.15) is 0 Å². The third-order valence-electron chi connectivity index (χ3n) is 3.48. The minimum absolute atomic E-state index is 0. The van der Waals surface area contributed by atoms with E-state index < -0.39 is 0 Å². The van der Waals surface area contributed by atoms with Gasteiger partial charge in [0.05, 0.1) is 13.2 Å². The Bertz CT molecular complexity index is 476. The highest BCUT2D eigenvalue weighted by atomic mass is 35.5. The number of ether oxygens (including phenoxy) is 2. The summed E-state index contributed by atoms with van der Waals surface area (Å²) in [6.07, 6.45) is 2.30. The lowest BCUT2D eigenvalue weighted by molar-refractivity contribution is 0.0950. The molecule has 1 aliphatic rings. The molecule has 124 valence electrons. The van der Waals surface area contributed by atoms with E-state index in [9.17, 15) is 4.79 Å². The maximum atomic E-state index is 12.2. The summed E-state index contributed by atoms with van der Waals surface area (Å²) in [5.74, 6) is 1.21. The molecule has 1 heterocycles. The number of rotatable bonds is 7. The van der Waals surface area contributed by atoms with Gasteiger partial charge in [-0.25, -0.2) is 0 Å². The monoisotopic (exact) mass is 328 g/mol. The van der Waals surface area contributed by atoms with Crippen molar-refractivity contribution in [2.45, 2.75) is 32.7 Å². The van der Waals surface area contributed by atoms with E-state index in [2.05, 4.69) is 10.6 Å². The van der Waals surface area contributed by atoms with Gasteiger partial charge in [0.15, 0.2) is 11.5 Å². The fourth-order valence-electron chi connectivity index (χ4n) is 2.44. The summed E-state index contributed by atoms with van der Waals surface area (Å²) >= 11 is 0. The molecule has 1 fully saturated rings. The Morgan fingerprint density at radius 2 is 2.00 bits per heavy atom. The van der Waals surface area contributed by atoms with Crippen molar-refractivity contribution < 1.29 is 14.3 Å². The van der Waals surface area contributed by atoms with Crippen LogP contribution in [0, 0.1) is 0 Å². The summed E-state index contributed by atoms with van der Waals surface area (Å²) in [5.41, 5.74) is 0.597. The molecule has 22 heavy (non-hydrogen) atoms. The molecule has 1 aromatic rings. The molecule has 2 N–H and O–H groups in total. The normalized spacial score (nSPS) is 16.7. The molecule has 0 spiro atoms. The van der Waals surface area contributed by atoms with Gasteiger partial charge in [-0.3, -0.25) is 4.79 Å². The molecule has 1 aromatic carbocycles. The summed E-state index contributed by atoms with van der Waals surface area (Å²) in [5, 5.41) is 6.33. The number of halogens is 1. The second-order valence-electron chi connectivity index (χ2n) is 5.03. The largest absolute Gasteiger partial charge is 0.490 e. The highest BCUT2D eigenvalue weighted by Crippen LogP contribution is 2.28. The van der Waals surface area contributed by atoms with Crippen LogP contribution < -0.4 is 20.1 Å². The summed E-state index contributed by atoms with van der Waals surface area (Å²) in [7, 11) is 0. The van der Waals surface area contributed by atoms with Gasteiger partial charge in [0.1, 0.15) is 0 Å². The van der Waals surface area contributed by atoms with Crippen LogP contribution in [0.3, 0.4) is 0 Å². The Hall–Kier alpha value is -1.46. The van der Waals surface area contributed by atoms with E-state index >= 15 is 0 Å². The van der Waals surface area contributed by atoms with E-state index in [1.165, 1.54) is 6.42 Å². The third kappa shape index (κ3) is 5.07. The molecule has 0 aliphatic carbocycles. The van der Waals surface area contributed by atoms with Crippen molar-refractivity contribution >= 4 is 18.3 Å². The van der Waals surface area contributed by atoms with Gasteiger partial charge in [-0.15, -0.1) is 12.4 Å². The number of amides is 1. The predicted molar refractivity (Wildman–Crippen MR) is 89.4 cm³/mol. The fraction of sp³-hybridized carbons (Fsp3) is 0.562. The number of nitrogens with one attached hydrogen (secondary N) is 2. The summed E-state index contributed by atoms with van der Waals surface area (Å²) in [6.45, 7) is 6.64. The summed E-state index contributed by atoms with van der Waals surface area (Å²) in [6, 6.07) is 5.69. The zero-order valence-corrected chi connectivity index (χ0v) is 14.0. The maximum Gasteiger partial charge on any atom is 0.251 e. The van der Waals surface area contributed by atoms with Crippen LogP contribution in [-0.2, 0) is 0 Å². The Morgan fingerprint density at radius 3 is 2.64 bits per heavy atom. The zero-order valence-electron chi connectivity index (χ0n) is 13.2. The van der Waals surface area contributed by atoms with Crippen molar-refractivity contribution in [3.05, 3.63) is 23.8 Å². The third-order valence-corrected chi connectivity index (χ3v) is 3.48. The lowest BCUT2D eigenvalue weighted by Gasteiger charge is -2.14. The van der Waals surface area contributed by atoms with Crippen LogP contribution in [0.4, 0.5) is 0 Å². The van der Waals surface area contributed by atoms with E-state index in [1.807, 2.05) is 13.8 Å². The lowest BCUT2D eigenvalue weighted by Crippen LogP contribution is -2.37. The standard InChI is InChI=1S/C16H24N2O3.ClH/c1-3-20-14-8-7-12(10-15(14)21-4-2)16(19)18-11-13-6-5-9-17-13;/h7-8,10,13,17H,3-6,9,11H2,1-2H3,(H,18,19);1H. The van der Waals surface area contributed by atoms with Crippen LogP contribution in [0.25, 0.3) is 0 Å². The Morgan fingerprint density at radius 1 is 1.27 bits per heavy atom. The van der Waals surface area contributed by atoms with Crippen molar-refractivity contribution in [2.24, 2.45) is 0 Å². The van der Waals surface area contributed by atoms with Crippen molar-refractivity contribution in [3.8, 4) is 11.5 Å². The molecule has 1 unspecified atom stereocenters. The maximum absolute atomic E-state index is 12.2. The van der Waals surface area contributed by atoms with Gasteiger partial charge >= 0.3 is 0 Å². The minimum atomic E-state index is -0.0762. The van der Waals surface area contributed by atoms with Gasteiger partial charge in [0.2, 0.25) is 0 Å². The van der Waals surface area contributed by atoms with Crippen LogP contribution in [0.15, 0.2) is 18.2 Å². The lowest BCUT2D eigenvalue weighted by atomic mass is 10.1. The Kier molecular flexibility index (Phi) is 8.06. The molecular formula is C16H25ClN2O3. The number of hydrogen-bond donors (Lipinski definition) is 2. The first-order chi connectivity index (χ1) is 10.2. The van der Waals surface area contributed by atoms with Crippen LogP contribution in [-0.4, -0.2) is 38.3 Å². The molecular weight excluding hydrogens is 304 g/mol. The van der Waals surface area contributed by atoms with Crippen molar-refractivity contribution in [2.75, 3.05) is 26.3 Å². The smallest absolute Gasteiger partial charge is 0.251 e. The molecule has 1 aliphatic heterocycles. The first-order valence-electron chi connectivity index (χ1n) is 7.65. The average Bonchev–Trinajstić information content (AvgIpc) is 3.00. The minimum Gasteiger partial charge on any atom is -0.490 e. The van der Waals surface area contributed by atoms with Gasteiger partial charge in [0.25, 0.3) is 5.91 Å². The molecule has 1 amide bonds. The molecule has 1 atom stereocenters. The molecule has 0 radical (unpaired) electrons. The second kappa shape index (κ2) is 9.54. The number of benzene rings is 1. The molecule has 1 saturated heterocycles. The number of carbonyl (C=O) groups is 1. The van der Waals surface area contributed by atoms with Gasteiger partial charge in [-0.05, 0) is 51.4 Å². The van der Waals surface area contributed by atoms with E-state index in [0.29, 0.717) is 42.9 Å². The molecule has 0 aromatic heterocycles. The Labute approximate surface area is 138 Å². The highest BCUT2D eigenvalue weighted by Gasteiger charge is 2.16. The first-order valence-corrected chi connectivity index (χ1v) is 7.65. The topological polar surface area (TPSA) is 59.6 Å². The molecule has 5 nitrogen and oxygen atoms in total. The van der Waals surface area contributed by atoms with E-state index in [-0.39, 0.29) is 18.3 Å². The molecule has 0 saturated carbocycles. The number of carbonyl (C=O) groups excluding carboxylic acids is 1. The van der Waals surface area contributed by atoms with E-state index in [1.54, 1.807) is 18.2 Å². The second-order valence-corrected chi connectivity index (χ2v) is 5.03. The van der Waals surface area contributed by atoms with Crippen molar-refractivity contribution in [1.82, 2.24) is 10.6 Å². The van der Waals surface area contributed by atoms with Crippen LogP contribution >= 0.6 is 12.4 Å². The van der Waals surface area contributed by atoms with Crippen molar-refractivity contribution in [3.63, 3.8) is 0 Å². The van der Waals surface area contributed by atoms with Crippen molar-refractivity contribution in [1.29, 1.82) is 0 Å². The predicted octanol–water partition coefficient (Wildman–Crippen LogP) is 2.39. The summed E-state index contributed by atoms with van der Waals surface area (Å²) in [4.78, 5) is 12.2. The average molecular weight is 329 g/mol. The van der Waals surface area contributed by atoms with E-state index in [4.69, 9.17) is 9.47 Å². The van der Waals surface area contributed by atoms with Crippen LogP contribution in [0.2, 0.25) is 0 Å². The molecule has 0 bridgehead atoms. The first kappa shape index (κ1) is 18.6. The SMILES string of the molecule is CCOc1ccc(C(=O)NCC2CCCN2)cc1OCC.Cl. The van der Waals surface area contributed by atoms with Crippen LogP contribution in [0.1, 0.15) is 37.0 Å². The zero-order chi connectivity index (χ0) is 15.1. The number of hydrogen-bond acceptors (Lipinski definition) is 4.